The molecule has 3 nitrogen and oxygen atoms in total. The lowest BCUT2D eigenvalue weighted by molar-refractivity contribution is 0.507. The van der Waals surface area contributed by atoms with Crippen molar-refractivity contribution < 1.29 is 0 Å². The minimum Gasteiger partial charge on any atom is -0.310 e. The van der Waals surface area contributed by atoms with E-state index in [0.29, 0.717) is 11.7 Å². The molecule has 3 heteroatoms. The van der Waals surface area contributed by atoms with Crippen LogP contribution in [0.15, 0.2) is 18.3 Å². The van der Waals surface area contributed by atoms with Crippen molar-refractivity contribution in [1.29, 1.82) is 5.26 Å². The van der Waals surface area contributed by atoms with Crippen molar-refractivity contribution in [2.75, 3.05) is 0 Å². The summed E-state index contributed by atoms with van der Waals surface area (Å²) in [6, 6.07) is 6.39. The molecule has 1 atom stereocenters. The molecule has 0 bridgehead atoms. The molecule has 0 aliphatic carbocycles. The van der Waals surface area contributed by atoms with E-state index >= 15 is 0 Å². The largest absolute Gasteiger partial charge is 0.310 e. The third kappa shape index (κ3) is 3.69. The Bertz CT molecular complexity index is 341. The summed E-state index contributed by atoms with van der Waals surface area (Å²) in [5.41, 5.74) is 1.50. The molecule has 0 amide bonds. The Morgan fingerprint density at radius 1 is 1.60 bits per heavy atom. The van der Waals surface area contributed by atoms with Gasteiger partial charge in [0.25, 0.3) is 0 Å². The van der Waals surface area contributed by atoms with Crippen molar-refractivity contribution in [3.63, 3.8) is 0 Å². The Hall–Kier alpha value is -1.40. The highest BCUT2D eigenvalue weighted by molar-refractivity contribution is 5.30. The van der Waals surface area contributed by atoms with Crippen LogP contribution in [0.4, 0.5) is 0 Å². The van der Waals surface area contributed by atoms with Gasteiger partial charge in [-0.05, 0) is 19.4 Å². The zero-order chi connectivity index (χ0) is 11.1. The first-order valence-corrected chi connectivity index (χ1v) is 5.35. The molecule has 1 rings (SSSR count). The van der Waals surface area contributed by atoms with Gasteiger partial charge in [0.15, 0.2) is 0 Å². The Kier molecular flexibility index (Phi) is 4.79. The van der Waals surface area contributed by atoms with E-state index in [1.54, 1.807) is 6.20 Å². The summed E-state index contributed by atoms with van der Waals surface area (Å²) in [7, 11) is 0. The third-order valence-electron chi connectivity index (χ3n) is 2.36. The lowest BCUT2D eigenvalue weighted by Gasteiger charge is -2.12. The maximum absolute atomic E-state index is 8.85. The maximum Gasteiger partial charge on any atom is 0.144 e. The normalized spacial score (nSPS) is 12.1. The summed E-state index contributed by atoms with van der Waals surface area (Å²) < 4.78 is 0. The van der Waals surface area contributed by atoms with Crippen molar-refractivity contribution in [2.24, 2.45) is 0 Å². The molecule has 1 N–H and O–H groups in total. The number of hydrogen-bond acceptors (Lipinski definition) is 3. The Balaban J connectivity index is 2.54. The average Bonchev–Trinajstić information content (AvgIpc) is 2.27. The van der Waals surface area contributed by atoms with Crippen LogP contribution in [-0.4, -0.2) is 11.0 Å². The molecule has 0 saturated heterocycles. The van der Waals surface area contributed by atoms with Crippen molar-refractivity contribution in [2.45, 2.75) is 39.3 Å². The molecule has 0 radical (unpaired) electrons. The number of aromatic nitrogens is 1. The molecule has 0 aromatic carbocycles. The van der Waals surface area contributed by atoms with Crippen LogP contribution in [0.5, 0.6) is 0 Å². The SMILES string of the molecule is CCCC(C)NCc1cccnc1C#N. The number of rotatable bonds is 5. The summed E-state index contributed by atoms with van der Waals surface area (Å²) in [6.07, 6.45) is 3.98. The highest BCUT2D eigenvalue weighted by atomic mass is 14.9. The fraction of sp³-hybridized carbons (Fsp3) is 0.500. The molecular formula is C12H17N3. The van der Waals surface area contributed by atoms with Crippen LogP contribution in [0.1, 0.15) is 37.9 Å². The standard InChI is InChI=1S/C12H17N3/c1-3-5-10(2)15-9-11-6-4-7-14-12(11)8-13/h4,6-7,10,15H,3,5,9H2,1-2H3. The molecular weight excluding hydrogens is 186 g/mol. The molecule has 0 fully saturated rings. The van der Waals surface area contributed by atoms with Gasteiger partial charge in [0.05, 0.1) is 0 Å². The summed E-state index contributed by atoms with van der Waals surface area (Å²) in [4.78, 5) is 4.02. The fourth-order valence-electron chi connectivity index (χ4n) is 1.50. The Morgan fingerprint density at radius 2 is 2.40 bits per heavy atom. The van der Waals surface area contributed by atoms with Gasteiger partial charge in [-0.1, -0.05) is 19.4 Å². The molecule has 0 spiro atoms. The molecule has 0 aliphatic rings. The van der Waals surface area contributed by atoms with E-state index < -0.39 is 0 Å². The van der Waals surface area contributed by atoms with E-state index in [0.717, 1.165) is 18.5 Å². The zero-order valence-corrected chi connectivity index (χ0v) is 9.33. The van der Waals surface area contributed by atoms with Crippen molar-refractivity contribution in [3.8, 4) is 6.07 Å². The first kappa shape index (κ1) is 11.7. The minimum absolute atomic E-state index is 0.488. The van der Waals surface area contributed by atoms with Crippen LogP contribution in [-0.2, 0) is 6.54 Å². The molecule has 0 aliphatic heterocycles. The van der Waals surface area contributed by atoms with E-state index in [9.17, 15) is 0 Å². The molecule has 0 saturated carbocycles. The predicted molar refractivity (Wildman–Crippen MR) is 60.2 cm³/mol. The van der Waals surface area contributed by atoms with Crippen LogP contribution >= 0.6 is 0 Å². The highest BCUT2D eigenvalue weighted by Gasteiger charge is 2.04. The summed E-state index contributed by atoms with van der Waals surface area (Å²) in [5.74, 6) is 0. The van der Waals surface area contributed by atoms with Gasteiger partial charge in [0, 0.05) is 24.3 Å². The van der Waals surface area contributed by atoms with Gasteiger partial charge in [-0.2, -0.15) is 5.26 Å². The van der Waals surface area contributed by atoms with Crippen molar-refractivity contribution in [1.82, 2.24) is 10.3 Å². The lowest BCUT2D eigenvalue weighted by atomic mass is 10.1. The quantitative estimate of drug-likeness (QED) is 0.798. The number of nitrogens with zero attached hydrogens (tertiary/aromatic N) is 2. The second-order valence-corrected chi connectivity index (χ2v) is 3.69. The molecule has 80 valence electrons. The van der Waals surface area contributed by atoms with Gasteiger partial charge in [-0.25, -0.2) is 4.98 Å². The maximum atomic E-state index is 8.85. The van der Waals surface area contributed by atoms with Gasteiger partial charge in [0.2, 0.25) is 0 Å². The predicted octanol–water partition coefficient (Wildman–Crippen LogP) is 2.23. The van der Waals surface area contributed by atoms with Crippen molar-refractivity contribution >= 4 is 0 Å². The lowest BCUT2D eigenvalue weighted by Crippen LogP contribution is -2.25. The number of hydrogen-bond donors (Lipinski definition) is 1. The molecule has 1 aromatic heterocycles. The summed E-state index contributed by atoms with van der Waals surface area (Å²) >= 11 is 0. The van der Waals surface area contributed by atoms with E-state index in [1.165, 1.54) is 6.42 Å². The van der Waals surface area contributed by atoms with E-state index in [-0.39, 0.29) is 0 Å². The first-order valence-electron chi connectivity index (χ1n) is 5.35. The minimum atomic E-state index is 0.488. The van der Waals surface area contributed by atoms with E-state index in [4.69, 9.17) is 5.26 Å². The molecule has 1 heterocycles. The molecule has 1 unspecified atom stereocenters. The van der Waals surface area contributed by atoms with Crippen LogP contribution in [0.25, 0.3) is 0 Å². The Morgan fingerprint density at radius 3 is 3.07 bits per heavy atom. The summed E-state index contributed by atoms with van der Waals surface area (Å²) in [6.45, 7) is 5.05. The van der Waals surface area contributed by atoms with E-state index in [2.05, 4.69) is 30.2 Å². The number of nitriles is 1. The fourth-order valence-corrected chi connectivity index (χ4v) is 1.50. The van der Waals surface area contributed by atoms with Crippen LogP contribution < -0.4 is 5.32 Å². The van der Waals surface area contributed by atoms with Gasteiger partial charge >= 0.3 is 0 Å². The zero-order valence-electron chi connectivity index (χ0n) is 9.33. The topological polar surface area (TPSA) is 48.7 Å². The van der Waals surface area contributed by atoms with E-state index in [1.807, 2.05) is 12.1 Å². The highest BCUT2D eigenvalue weighted by Crippen LogP contribution is 2.04. The average molecular weight is 203 g/mol. The van der Waals surface area contributed by atoms with Gasteiger partial charge in [0.1, 0.15) is 11.8 Å². The third-order valence-corrected chi connectivity index (χ3v) is 2.36. The van der Waals surface area contributed by atoms with Crippen LogP contribution in [0.3, 0.4) is 0 Å². The van der Waals surface area contributed by atoms with Gasteiger partial charge in [-0.3, -0.25) is 0 Å². The monoisotopic (exact) mass is 203 g/mol. The number of pyridine rings is 1. The summed E-state index contributed by atoms with van der Waals surface area (Å²) in [5, 5.41) is 12.2. The van der Waals surface area contributed by atoms with Gasteiger partial charge < -0.3 is 5.32 Å². The molecule has 15 heavy (non-hydrogen) atoms. The molecule has 1 aromatic rings. The second-order valence-electron chi connectivity index (χ2n) is 3.69. The van der Waals surface area contributed by atoms with Crippen LogP contribution in [0.2, 0.25) is 0 Å². The second kappa shape index (κ2) is 6.15. The number of nitrogens with one attached hydrogen (secondary N) is 1. The Labute approximate surface area is 91.1 Å². The van der Waals surface area contributed by atoms with Crippen LogP contribution in [0, 0.1) is 11.3 Å². The smallest absolute Gasteiger partial charge is 0.144 e. The van der Waals surface area contributed by atoms with Crippen molar-refractivity contribution in [3.05, 3.63) is 29.6 Å². The van der Waals surface area contributed by atoms with Gasteiger partial charge in [-0.15, -0.1) is 0 Å². The first-order chi connectivity index (χ1) is 7.27.